The van der Waals surface area contributed by atoms with E-state index < -0.39 is 5.82 Å². The van der Waals surface area contributed by atoms with Gasteiger partial charge in [-0.2, -0.15) is 0 Å². The molecule has 0 aliphatic carbocycles. The van der Waals surface area contributed by atoms with Gasteiger partial charge in [0.2, 0.25) is 0 Å². The van der Waals surface area contributed by atoms with E-state index in [0.29, 0.717) is 17.3 Å². The maximum atomic E-state index is 13.4. The van der Waals surface area contributed by atoms with Crippen LogP contribution in [0.2, 0.25) is 5.02 Å². The van der Waals surface area contributed by atoms with Crippen LogP contribution in [-0.2, 0) is 0 Å². The van der Waals surface area contributed by atoms with Crippen molar-refractivity contribution in [2.24, 2.45) is 0 Å². The lowest BCUT2D eigenvalue weighted by Crippen LogP contribution is -2.16. The highest BCUT2D eigenvalue weighted by Gasteiger charge is 2.08. The van der Waals surface area contributed by atoms with Crippen LogP contribution in [0, 0.1) is 5.82 Å². The predicted octanol–water partition coefficient (Wildman–Crippen LogP) is 5.04. The quantitative estimate of drug-likeness (QED) is 0.519. The highest BCUT2D eigenvalue weighted by molar-refractivity contribution is 6.31. The summed E-state index contributed by atoms with van der Waals surface area (Å²) in [5, 5.41) is 6.59. The van der Waals surface area contributed by atoms with E-state index in [1.807, 2.05) is 50.5 Å². The van der Waals surface area contributed by atoms with Crippen molar-refractivity contribution in [2.75, 3.05) is 37.8 Å². The molecule has 0 amide bonds. The first kappa shape index (κ1) is 20.0. The lowest BCUT2D eigenvalue weighted by Gasteiger charge is -2.13. The maximum absolute atomic E-state index is 13.4. The molecule has 0 saturated carbocycles. The number of rotatable bonds is 8. The molecule has 28 heavy (non-hydrogen) atoms. The van der Waals surface area contributed by atoms with Crippen molar-refractivity contribution >= 4 is 28.9 Å². The number of nitrogens with one attached hydrogen (secondary N) is 2. The highest BCUT2D eigenvalue weighted by Crippen LogP contribution is 2.25. The summed E-state index contributed by atoms with van der Waals surface area (Å²) in [7, 11) is 4.10. The lowest BCUT2D eigenvalue weighted by molar-refractivity contribution is 0.405. The lowest BCUT2D eigenvalue weighted by atomic mass is 10.2. The van der Waals surface area contributed by atoms with Crippen molar-refractivity contribution in [3.05, 3.63) is 65.4 Å². The molecule has 0 aliphatic rings. The van der Waals surface area contributed by atoms with E-state index in [1.54, 1.807) is 6.07 Å². The smallest absolute Gasteiger partial charge is 0.163 e. The zero-order chi connectivity index (χ0) is 19.9. The summed E-state index contributed by atoms with van der Waals surface area (Å²) in [5.74, 6) is 1.48. The number of hydrogen-bond acceptors (Lipinski definition) is 5. The molecule has 0 saturated heterocycles. The zero-order valence-electron chi connectivity index (χ0n) is 15.9. The van der Waals surface area contributed by atoms with Gasteiger partial charge in [-0.3, -0.25) is 0 Å². The van der Waals surface area contributed by atoms with E-state index in [4.69, 9.17) is 11.6 Å². The summed E-state index contributed by atoms with van der Waals surface area (Å²) in [5.41, 5.74) is 1.57. The summed E-state index contributed by atoms with van der Waals surface area (Å²) in [6.45, 7) is 1.79. The van der Waals surface area contributed by atoms with Gasteiger partial charge in [0.15, 0.2) is 5.82 Å². The topological polar surface area (TPSA) is 53.1 Å². The molecule has 0 unspecified atom stereocenters. The Morgan fingerprint density at radius 3 is 2.46 bits per heavy atom. The molecule has 0 aliphatic heterocycles. The first-order chi connectivity index (χ1) is 13.5. The Morgan fingerprint density at radius 1 is 1.00 bits per heavy atom. The first-order valence-electron chi connectivity index (χ1n) is 9.06. The summed E-state index contributed by atoms with van der Waals surface area (Å²) in [6, 6.07) is 16.1. The third-order valence-electron chi connectivity index (χ3n) is 4.04. The molecule has 0 fully saturated rings. The van der Waals surface area contributed by atoms with Gasteiger partial charge >= 0.3 is 0 Å². The summed E-state index contributed by atoms with van der Waals surface area (Å²) < 4.78 is 13.4. The predicted molar refractivity (Wildman–Crippen MR) is 114 cm³/mol. The Morgan fingerprint density at radius 2 is 1.75 bits per heavy atom. The molecule has 5 nitrogen and oxygen atoms in total. The van der Waals surface area contributed by atoms with Crippen LogP contribution in [0.15, 0.2) is 54.6 Å². The largest absolute Gasteiger partial charge is 0.370 e. The van der Waals surface area contributed by atoms with E-state index in [0.717, 1.165) is 30.9 Å². The Bertz CT molecular complexity index is 918. The SMILES string of the molecule is CN(C)CCCNc1cc(Nc2ccc(F)c(Cl)c2)nc(-c2ccccc2)n1. The Labute approximate surface area is 169 Å². The molecule has 0 spiro atoms. The molecule has 1 aromatic heterocycles. The minimum absolute atomic E-state index is 0.0596. The van der Waals surface area contributed by atoms with Crippen molar-refractivity contribution in [2.45, 2.75) is 6.42 Å². The summed E-state index contributed by atoms with van der Waals surface area (Å²) in [6.07, 6.45) is 0.994. The molecule has 0 atom stereocenters. The van der Waals surface area contributed by atoms with Crippen molar-refractivity contribution in [1.82, 2.24) is 14.9 Å². The summed E-state index contributed by atoms with van der Waals surface area (Å²) >= 11 is 5.88. The van der Waals surface area contributed by atoms with Gasteiger partial charge in [0.1, 0.15) is 17.5 Å². The van der Waals surface area contributed by atoms with Crippen LogP contribution in [0.5, 0.6) is 0 Å². The van der Waals surface area contributed by atoms with Gasteiger partial charge in [-0.25, -0.2) is 14.4 Å². The first-order valence-corrected chi connectivity index (χ1v) is 9.44. The molecule has 2 aromatic carbocycles. The van der Waals surface area contributed by atoms with Crippen molar-refractivity contribution < 1.29 is 4.39 Å². The van der Waals surface area contributed by atoms with Gasteiger partial charge in [0.25, 0.3) is 0 Å². The fraction of sp³-hybridized carbons (Fsp3) is 0.238. The van der Waals surface area contributed by atoms with E-state index in [1.165, 1.54) is 12.1 Å². The van der Waals surface area contributed by atoms with Crippen LogP contribution >= 0.6 is 11.6 Å². The van der Waals surface area contributed by atoms with E-state index in [2.05, 4.69) is 25.5 Å². The van der Waals surface area contributed by atoms with E-state index in [-0.39, 0.29) is 5.02 Å². The summed E-state index contributed by atoms with van der Waals surface area (Å²) in [4.78, 5) is 11.4. The number of hydrogen-bond donors (Lipinski definition) is 2. The zero-order valence-corrected chi connectivity index (χ0v) is 16.7. The molecule has 3 rings (SSSR count). The van der Waals surface area contributed by atoms with Crippen LogP contribution in [0.25, 0.3) is 11.4 Å². The van der Waals surface area contributed by atoms with Gasteiger partial charge in [0, 0.05) is 23.9 Å². The van der Waals surface area contributed by atoms with Gasteiger partial charge in [-0.05, 0) is 45.3 Å². The second-order valence-electron chi connectivity index (χ2n) is 6.67. The average molecular weight is 400 g/mol. The van der Waals surface area contributed by atoms with Gasteiger partial charge in [-0.15, -0.1) is 0 Å². The van der Waals surface area contributed by atoms with Crippen LogP contribution in [0.1, 0.15) is 6.42 Å². The normalized spacial score (nSPS) is 10.9. The molecule has 2 N–H and O–H groups in total. The Kier molecular flexibility index (Phi) is 6.79. The van der Waals surface area contributed by atoms with Crippen LogP contribution in [-0.4, -0.2) is 42.1 Å². The third-order valence-corrected chi connectivity index (χ3v) is 4.33. The van der Waals surface area contributed by atoms with Crippen LogP contribution in [0.4, 0.5) is 21.7 Å². The second kappa shape index (κ2) is 9.48. The minimum atomic E-state index is -0.455. The number of benzene rings is 2. The van der Waals surface area contributed by atoms with Crippen LogP contribution < -0.4 is 10.6 Å². The number of halogens is 2. The van der Waals surface area contributed by atoms with Crippen LogP contribution in [0.3, 0.4) is 0 Å². The Balaban J connectivity index is 1.85. The highest BCUT2D eigenvalue weighted by atomic mass is 35.5. The molecule has 0 bridgehead atoms. The molecular formula is C21H23ClFN5. The maximum Gasteiger partial charge on any atom is 0.163 e. The molecule has 146 valence electrons. The van der Waals surface area contributed by atoms with Gasteiger partial charge in [0.05, 0.1) is 5.02 Å². The third kappa shape index (κ3) is 5.65. The van der Waals surface area contributed by atoms with Crippen molar-refractivity contribution in [3.8, 4) is 11.4 Å². The molecule has 7 heteroatoms. The standard InChI is InChI=1S/C21H23ClFN5/c1-28(2)12-6-11-24-19-14-20(25-16-9-10-18(23)17(22)13-16)27-21(26-19)15-7-4-3-5-8-15/h3-5,7-10,13-14H,6,11-12H2,1-2H3,(H2,24,25,26,27). The minimum Gasteiger partial charge on any atom is -0.370 e. The monoisotopic (exact) mass is 399 g/mol. The van der Waals surface area contributed by atoms with Crippen molar-refractivity contribution in [1.29, 1.82) is 0 Å². The number of aromatic nitrogens is 2. The van der Waals surface area contributed by atoms with Gasteiger partial charge < -0.3 is 15.5 Å². The fourth-order valence-electron chi connectivity index (χ4n) is 2.65. The van der Waals surface area contributed by atoms with Crippen molar-refractivity contribution in [3.63, 3.8) is 0 Å². The van der Waals surface area contributed by atoms with E-state index >= 15 is 0 Å². The fourth-order valence-corrected chi connectivity index (χ4v) is 2.83. The average Bonchev–Trinajstić information content (AvgIpc) is 2.68. The second-order valence-corrected chi connectivity index (χ2v) is 7.07. The molecule has 3 aromatic rings. The molecule has 1 heterocycles. The molecule has 0 radical (unpaired) electrons. The Hall–Kier alpha value is -2.70. The molecular weight excluding hydrogens is 377 g/mol. The van der Waals surface area contributed by atoms with Gasteiger partial charge in [-0.1, -0.05) is 41.9 Å². The number of anilines is 3. The number of nitrogens with zero attached hydrogens (tertiary/aromatic N) is 3. The van der Waals surface area contributed by atoms with E-state index in [9.17, 15) is 4.39 Å².